The van der Waals surface area contributed by atoms with Crippen LogP contribution >= 0.6 is 0 Å². The van der Waals surface area contributed by atoms with Crippen LogP contribution in [0.15, 0.2) is 127 Å². The molecule has 0 aliphatic heterocycles. The van der Waals surface area contributed by atoms with Crippen LogP contribution in [-0.2, 0) is 12.8 Å². The molecule has 0 aliphatic rings. The zero-order chi connectivity index (χ0) is 34.8. The molecule has 50 heavy (non-hydrogen) atoms. The first-order valence-electron chi connectivity index (χ1n) is 17.9. The van der Waals surface area contributed by atoms with Gasteiger partial charge in [0, 0.05) is 16.5 Å². The molecule has 0 N–H and O–H groups in total. The Morgan fingerprint density at radius 1 is 0.640 bits per heavy atom. The Kier molecular flexibility index (Phi) is 9.41. The second-order valence-corrected chi connectivity index (χ2v) is 14.1. The standard InChI is InChI=1S/C47H45NO2/c1-6-7-37-13-12-34(11-8-31(2)3)30-42(37)38-20-24-41(25-21-38)50-47(49)39-16-14-35(15-17-39)36-18-22-40(23-19-36)48-45-26-9-32(4)28-43(45)44-29-33(5)10-27-46(44)48/h9-10,12-31H,6-8,11H2,1-5H3. The molecule has 1 aromatic heterocycles. The minimum absolute atomic E-state index is 0.362. The molecule has 3 heteroatoms. The van der Waals surface area contributed by atoms with Crippen LogP contribution in [0.3, 0.4) is 0 Å². The second-order valence-electron chi connectivity index (χ2n) is 14.1. The number of hydrogen-bond donors (Lipinski definition) is 0. The average Bonchev–Trinajstić information content (AvgIpc) is 3.44. The third kappa shape index (κ3) is 6.87. The van der Waals surface area contributed by atoms with Crippen molar-refractivity contribution in [3.8, 4) is 33.7 Å². The van der Waals surface area contributed by atoms with Crippen molar-refractivity contribution in [1.29, 1.82) is 0 Å². The third-order valence-corrected chi connectivity index (χ3v) is 9.74. The Balaban J connectivity index is 1.06. The summed E-state index contributed by atoms with van der Waals surface area (Å²) in [5.41, 5.74) is 13.9. The molecule has 0 saturated carbocycles. The number of esters is 1. The van der Waals surface area contributed by atoms with E-state index in [-0.39, 0.29) is 5.97 Å². The number of aromatic nitrogens is 1. The predicted octanol–water partition coefficient (Wildman–Crippen LogP) is 12.5. The van der Waals surface area contributed by atoms with Gasteiger partial charge in [0.15, 0.2) is 0 Å². The van der Waals surface area contributed by atoms with Crippen molar-refractivity contribution in [3.05, 3.63) is 155 Å². The van der Waals surface area contributed by atoms with Gasteiger partial charge in [-0.3, -0.25) is 0 Å². The highest BCUT2D eigenvalue weighted by Crippen LogP contribution is 2.34. The molecule has 0 fully saturated rings. The van der Waals surface area contributed by atoms with Crippen LogP contribution in [0.25, 0.3) is 49.7 Å². The van der Waals surface area contributed by atoms with Crippen molar-refractivity contribution < 1.29 is 9.53 Å². The maximum absolute atomic E-state index is 13.1. The number of benzene rings is 6. The lowest BCUT2D eigenvalue weighted by molar-refractivity contribution is 0.0735. The average molecular weight is 656 g/mol. The molecular formula is C47H45NO2. The van der Waals surface area contributed by atoms with E-state index in [9.17, 15) is 4.79 Å². The normalized spacial score (nSPS) is 11.5. The van der Waals surface area contributed by atoms with Crippen LogP contribution in [0, 0.1) is 19.8 Å². The summed E-state index contributed by atoms with van der Waals surface area (Å²) in [6.45, 7) is 11.1. The molecule has 0 aliphatic carbocycles. The number of fused-ring (bicyclic) bond motifs is 3. The zero-order valence-corrected chi connectivity index (χ0v) is 29.8. The van der Waals surface area contributed by atoms with Gasteiger partial charge in [0.1, 0.15) is 5.75 Å². The zero-order valence-electron chi connectivity index (χ0n) is 29.8. The van der Waals surface area contributed by atoms with E-state index in [1.54, 1.807) is 0 Å². The van der Waals surface area contributed by atoms with Crippen LogP contribution in [0.5, 0.6) is 5.75 Å². The summed E-state index contributed by atoms with van der Waals surface area (Å²) in [6, 6.07) is 44.5. The molecule has 7 rings (SSSR count). The Morgan fingerprint density at radius 3 is 1.80 bits per heavy atom. The van der Waals surface area contributed by atoms with Gasteiger partial charge in [-0.1, -0.05) is 105 Å². The van der Waals surface area contributed by atoms with Crippen LogP contribution in [0.1, 0.15) is 66.2 Å². The van der Waals surface area contributed by atoms with Gasteiger partial charge in [0.25, 0.3) is 0 Å². The molecule has 0 radical (unpaired) electrons. The van der Waals surface area contributed by atoms with Crippen LogP contribution in [-0.4, -0.2) is 10.5 Å². The Hall–Kier alpha value is -5.41. The summed E-state index contributed by atoms with van der Waals surface area (Å²) < 4.78 is 8.15. The molecule has 0 atom stereocenters. The number of carbonyl (C=O) groups is 1. The topological polar surface area (TPSA) is 31.2 Å². The Bertz CT molecular complexity index is 2230. The van der Waals surface area contributed by atoms with Crippen molar-refractivity contribution in [1.82, 2.24) is 4.57 Å². The minimum atomic E-state index is -0.362. The van der Waals surface area contributed by atoms with Gasteiger partial charge < -0.3 is 9.30 Å². The summed E-state index contributed by atoms with van der Waals surface area (Å²) in [5.74, 6) is 0.860. The molecule has 0 unspecified atom stereocenters. The van der Waals surface area contributed by atoms with Gasteiger partial charge in [-0.15, -0.1) is 0 Å². The molecule has 7 aromatic rings. The van der Waals surface area contributed by atoms with Gasteiger partial charge >= 0.3 is 5.97 Å². The largest absolute Gasteiger partial charge is 0.423 e. The minimum Gasteiger partial charge on any atom is -0.423 e. The lowest BCUT2D eigenvalue weighted by atomic mass is 9.92. The maximum Gasteiger partial charge on any atom is 0.343 e. The first-order chi connectivity index (χ1) is 24.3. The van der Waals surface area contributed by atoms with E-state index in [4.69, 9.17) is 4.74 Å². The fraction of sp³-hybridized carbons (Fsp3) is 0.213. The first-order valence-corrected chi connectivity index (χ1v) is 17.9. The number of carbonyl (C=O) groups excluding carboxylic acids is 1. The van der Waals surface area contributed by atoms with E-state index in [0.717, 1.165) is 41.6 Å². The van der Waals surface area contributed by atoms with Crippen molar-refractivity contribution in [2.24, 2.45) is 5.92 Å². The van der Waals surface area contributed by atoms with E-state index in [1.807, 2.05) is 36.4 Å². The van der Waals surface area contributed by atoms with Gasteiger partial charge in [0.2, 0.25) is 0 Å². The van der Waals surface area contributed by atoms with Crippen molar-refractivity contribution in [2.45, 2.75) is 60.3 Å². The smallest absolute Gasteiger partial charge is 0.343 e. The Labute approximate surface area is 296 Å². The van der Waals surface area contributed by atoms with Crippen LogP contribution in [0.2, 0.25) is 0 Å². The molecule has 0 spiro atoms. The van der Waals surface area contributed by atoms with E-state index in [0.29, 0.717) is 17.2 Å². The third-order valence-electron chi connectivity index (χ3n) is 9.74. The van der Waals surface area contributed by atoms with Crippen molar-refractivity contribution in [3.63, 3.8) is 0 Å². The molecule has 0 bridgehead atoms. The number of ether oxygens (including phenoxy) is 1. The lowest BCUT2D eigenvalue weighted by Crippen LogP contribution is -2.08. The molecule has 0 saturated heterocycles. The molecule has 1 heterocycles. The van der Waals surface area contributed by atoms with E-state index in [1.165, 1.54) is 56.0 Å². The number of hydrogen-bond acceptors (Lipinski definition) is 2. The van der Waals surface area contributed by atoms with E-state index < -0.39 is 0 Å². The lowest BCUT2D eigenvalue weighted by Gasteiger charge is -2.13. The molecular weight excluding hydrogens is 611 g/mol. The number of nitrogens with zero attached hydrogens (tertiary/aromatic N) is 1. The summed E-state index contributed by atoms with van der Waals surface area (Å²) in [5, 5.41) is 2.55. The molecule has 6 aromatic carbocycles. The van der Waals surface area contributed by atoms with Crippen LogP contribution in [0.4, 0.5) is 0 Å². The maximum atomic E-state index is 13.1. The molecule has 250 valence electrons. The predicted molar refractivity (Wildman–Crippen MR) is 210 cm³/mol. The van der Waals surface area contributed by atoms with Crippen molar-refractivity contribution >= 4 is 27.8 Å². The first kappa shape index (κ1) is 33.1. The monoisotopic (exact) mass is 655 g/mol. The summed E-state index contributed by atoms with van der Waals surface area (Å²) >= 11 is 0. The quantitative estimate of drug-likeness (QED) is 0.108. The van der Waals surface area contributed by atoms with Gasteiger partial charge in [-0.2, -0.15) is 0 Å². The second kappa shape index (κ2) is 14.2. The summed E-state index contributed by atoms with van der Waals surface area (Å²) in [7, 11) is 0. The summed E-state index contributed by atoms with van der Waals surface area (Å²) in [4.78, 5) is 13.1. The van der Waals surface area contributed by atoms with E-state index in [2.05, 4.69) is 130 Å². The highest BCUT2D eigenvalue weighted by Gasteiger charge is 2.14. The van der Waals surface area contributed by atoms with Crippen molar-refractivity contribution in [2.75, 3.05) is 0 Å². The van der Waals surface area contributed by atoms with E-state index >= 15 is 0 Å². The van der Waals surface area contributed by atoms with Gasteiger partial charge in [-0.05, 0) is 133 Å². The fourth-order valence-corrected chi connectivity index (χ4v) is 6.99. The van der Waals surface area contributed by atoms with Crippen LogP contribution < -0.4 is 4.74 Å². The molecule has 0 amide bonds. The highest BCUT2D eigenvalue weighted by molar-refractivity contribution is 6.09. The van der Waals surface area contributed by atoms with Gasteiger partial charge in [-0.25, -0.2) is 4.79 Å². The number of aryl methyl sites for hydroxylation is 4. The highest BCUT2D eigenvalue weighted by atomic mass is 16.5. The Morgan fingerprint density at radius 2 is 1.22 bits per heavy atom. The van der Waals surface area contributed by atoms with Gasteiger partial charge in [0.05, 0.1) is 16.6 Å². The number of rotatable bonds is 10. The SMILES string of the molecule is CCCc1ccc(CCC(C)C)cc1-c1ccc(OC(=O)c2ccc(-c3ccc(-n4c5ccc(C)cc5c5cc(C)ccc54)cc3)cc2)cc1. The molecule has 3 nitrogen and oxygen atoms in total. The fourth-order valence-electron chi connectivity index (χ4n) is 6.99. The summed E-state index contributed by atoms with van der Waals surface area (Å²) in [6.07, 6.45) is 4.40.